The Bertz CT molecular complexity index is 705. The van der Waals surface area contributed by atoms with Gasteiger partial charge in [0.25, 0.3) is 0 Å². The monoisotopic (exact) mass is 478 g/mol. The maximum atomic E-state index is 14.1. The molecule has 1 aliphatic rings. The molecule has 32 heavy (non-hydrogen) atoms. The van der Waals surface area contributed by atoms with E-state index in [1.54, 1.807) is 24.3 Å². The summed E-state index contributed by atoms with van der Waals surface area (Å²) in [5.74, 6) is -20.8. The third-order valence-electron chi connectivity index (χ3n) is 6.03. The molecule has 0 aromatic heterocycles. The normalized spacial score (nSPS) is 20.9. The van der Waals surface area contributed by atoms with Crippen molar-refractivity contribution >= 4 is 0 Å². The number of ether oxygens (including phenoxy) is 1. The number of alkyl halides is 9. The average molecular weight is 478 g/mol. The number of hydrogen-bond acceptors (Lipinski definition) is 1. The van der Waals surface area contributed by atoms with Gasteiger partial charge in [0.2, 0.25) is 0 Å². The van der Waals surface area contributed by atoms with Crippen molar-refractivity contribution in [3.05, 3.63) is 29.8 Å². The summed E-state index contributed by atoms with van der Waals surface area (Å²) in [6, 6.07) is 6.84. The number of hydrogen-bond donors (Lipinski definition) is 0. The Hall–Kier alpha value is -1.61. The highest BCUT2D eigenvalue weighted by atomic mass is 19.4. The molecule has 0 unspecified atom stereocenters. The molecule has 10 heteroatoms. The summed E-state index contributed by atoms with van der Waals surface area (Å²) in [5, 5.41) is 0. The molecular weight excluding hydrogens is 451 g/mol. The molecule has 0 saturated heterocycles. The maximum Gasteiger partial charge on any atom is 0.460 e. The second-order valence-corrected chi connectivity index (χ2v) is 8.30. The Balaban J connectivity index is 1.96. The van der Waals surface area contributed by atoms with E-state index in [-0.39, 0.29) is 18.8 Å². The number of benzene rings is 1. The fourth-order valence-electron chi connectivity index (χ4n) is 3.99. The highest BCUT2D eigenvalue weighted by Gasteiger charge is 2.82. The van der Waals surface area contributed by atoms with E-state index in [0.29, 0.717) is 12.4 Å². The number of halogens is 9. The lowest BCUT2D eigenvalue weighted by atomic mass is 9.74. The molecule has 0 aliphatic heterocycles. The van der Waals surface area contributed by atoms with Crippen LogP contribution in [0.1, 0.15) is 69.8 Å². The summed E-state index contributed by atoms with van der Waals surface area (Å²) in [4.78, 5) is 0. The van der Waals surface area contributed by atoms with Crippen LogP contribution in [-0.2, 0) is 0 Å². The van der Waals surface area contributed by atoms with Gasteiger partial charge in [-0.1, -0.05) is 38.3 Å². The zero-order chi connectivity index (χ0) is 24.2. The second-order valence-electron chi connectivity index (χ2n) is 8.30. The lowest BCUT2D eigenvalue weighted by Crippen LogP contribution is -2.63. The summed E-state index contributed by atoms with van der Waals surface area (Å²) in [5.41, 5.74) is 0.748. The van der Waals surface area contributed by atoms with E-state index in [0.717, 1.165) is 31.2 Å². The van der Waals surface area contributed by atoms with Gasteiger partial charge in [-0.3, -0.25) is 0 Å². The molecule has 184 valence electrons. The molecule has 1 aromatic carbocycles. The van der Waals surface area contributed by atoms with Crippen LogP contribution in [0.3, 0.4) is 0 Å². The number of unbranched alkanes of at least 4 members (excludes halogenated alkanes) is 3. The highest BCUT2D eigenvalue weighted by Crippen LogP contribution is 2.57. The van der Waals surface area contributed by atoms with Crippen LogP contribution in [0, 0.1) is 5.92 Å². The minimum absolute atomic E-state index is 0.0227. The van der Waals surface area contributed by atoms with Crippen LogP contribution < -0.4 is 4.74 Å². The zero-order valence-corrected chi connectivity index (χ0v) is 17.6. The zero-order valence-electron chi connectivity index (χ0n) is 17.6. The molecule has 1 saturated carbocycles. The van der Waals surface area contributed by atoms with Crippen molar-refractivity contribution in [1.29, 1.82) is 0 Å². The van der Waals surface area contributed by atoms with Crippen molar-refractivity contribution in [1.82, 2.24) is 0 Å². The van der Waals surface area contributed by atoms with Gasteiger partial charge < -0.3 is 4.74 Å². The van der Waals surface area contributed by atoms with Gasteiger partial charge in [-0.2, -0.15) is 39.5 Å². The van der Waals surface area contributed by atoms with Crippen LogP contribution in [0.5, 0.6) is 5.75 Å². The van der Waals surface area contributed by atoms with Gasteiger partial charge in [0.1, 0.15) is 5.75 Å². The SMILES string of the molecule is CCCCCCOc1ccc(C2CCC(C(F)(F)C(F)(F)C(F)(F)C(F)(F)F)CC2)cc1. The first-order chi connectivity index (χ1) is 14.8. The van der Waals surface area contributed by atoms with Gasteiger partial charge in [0.05, 0.1) is 6.61 Å². The average Bonchev–Trinajstić information content (AvgIpc) is 2.73. The first-order valence-corrected chi connectivity index (χ1v) is 10.7. The Morgan fingerprint density at radius 1 is 0.750 bits per heavy atom. The van der Waals surface area contributed by atoms with E-state index < -0.39 is 42.7 Å². The molecule has 0 atom stereocenters. The Morgan fingerprint density at radius 3 is 1.81 bits per heavy atom. The Kier molecular flexibility index (Phi) is 8.42. The molecular formula is C22H27F9O. The summed E-state index contributed by atoms with van der Waals surface area (Å²) < 4.78 is 124. The quantitative estimate of drug-likeness (QED) is 0.242. The van der Waals surface area contributed by atoms with Gasteiger partial charge in [0, 0.05) is 5.92 Å². The fourth-order valence-corrected chi connectivity index (χ4v) is 3.99. The van der Waals surface area contributed by atoms with Crippen LogP contribution in [0.15, 0.2) is 24.3 Å². The summed E-state index contributed by atoms with van der Waals surface area (Å²) >= 11 is 0. The van der Waals surface area contributed by atoms with Gasteiger partial charge in [-0.05, 0) is 55.7 Å². The molecule has 1 aromatic rings. The van der Waals surface area contributed by atoms with E-state index in [4.69, 9.17) is 4.74 Å². The van der Waals surface area contributed by atoms with Gasteiger partial charge in [-0.25, -0.2) is 0 Å². The molecule has 2 rings (SSSR count). The first kappa shape index (κ1) is 26.6. The standard InChI is InChI=1S/C22H27F9O/c1-2-3-4-5-14-32-18-12-8-16(9-13-18)15-6-10-17(11-7-15)19(23,24)20(25,26)21(27,28)22(29,30)31/h8-9,12-13,15,17H,2-7,10-11,14H2,1H3. The van der Waals surface area contributed by atoms with Crippen LogP contribution in [0.4, 0.5) is 39.5 Å². The van der Waals surface area contributed by atoms with Gasteiger partial charge in [-0.15, -0.1) is 0 Å². The smallest absolute Gasteiger partial charge is 0.460 e. The van der Waals surface area contributed by atoms with Crippen molar-refractivity contribution in [3.63, 3.8) is 0 Å². The van der Waals surface area contributed by atoms with E-state index in [1.807, 2.05) is 0 Å². The van der Waals surface area contributed by atoms with Crippen molar-refractivity contribution in [3.8, 4) is 5.75 Å². The van der Waals surface area contributed by atoms with Gasteiger partial charge >= 0.3 is 23.9 Å². The Labute approximate surface area is 181 Å². The summed E-state index contributed by atoms with van der Waals surface area (Å²) in [7, 11) is 0. The topological polar surface area (TPSA) is 9.23 Å². The molecule has 1 fully saturated rings. The maximum absolute atomic E-state index is 14.1. The predicted octanol–water partition coefficient (Wildman–Crippen LogP) is 8.39. The molecule has 0 radical (unpaired) electrons. The lowest BCUT2D eigenvalue weighted by molar-refractivity contribution is -0.404. The van der Waals surface area contributed by atoms with E-state index >= 15 is 0 Å². The van der Waals surface area contributed by atoms with Crippen LogP contribution in [0.25, 0.3) is 0 Å². The van der Waals surface area contributed by atoms with Crippen molar-refractivity contribution in [2.75, 3.05) is 6.61 Å². The minimum Gasteiger partial charge on any atom is -0.494 e. The predicted molar refractivity (Wildman–Crippen MR) is 102 cm³/mol. The molecule has 0 spiro atoms. The van der Waals surface area contributed by atoms with Crippen molar-refractivity contribution in [2.45, 2.75) is 88.2 Å². The number of rotatable bonds is 10. The molecule has 0 heterocycles. The van der Waals surface area contributed by atoms with E-state index in [9.17, 15) is 39.5 Å². The summed E-state index contributed by atoms with van der Waals surface area (Å²) in [6.07, 6.45) is -3.82. The molecule has 0 bridgehead atoms. The fraction of sp³-hybridized carbons (Fsp3) is 0.727. The molecule has 0 N–H and O–H groups in total. The highest BCUT2D eigenvalue weighted by molar-refractivity contribution is 5.29. The van der Waals surface area contributed by atoms with Gasteiger partial charge in [0.15, 0.2) is 0 Å². The molecule has 0 amide bonds. The van der Waals surface area contributed by atoms with Crippen molar-refractivity contribution in [2.24, 2.45) is 5.92 Å². The first-order valence-electron chi connectivity index (χ1n) is 10.7. The van der Waals surface area contributed by atoms with Crippen LogP contribution in [-0.4, -0.2) is 30.6 Å². The van der Waals surface area contributed by atoms with Crippen LogP contribution >= 0.6 is 0 Å². The third-order valence-corrected chi connectivity index (χ3v) is 6.03. The molecule has 1 nitrogen and oxygen atoms in total. The van der Waals surface area contributed by atoms with Crippen molar-refractivity contribution < 1.29 is 44.3 Å². The van der Waals surface area contributed by atoms with E-state index in [1.165, 1.54) is 0 Å². The Morgan fingerprint density at radius 2 is 1.31 bits per heavy atom. The van der Waals surface area contributed by atoms with E-state index in [2.05, 4.69) is 6.92 Å². The largest absolute Gasteiger partial charge is 0.494 e. The molecule has 1 aliphatic carbocycles. The summed E-state index contributed by atoms with van der Waals surface area (Å²) in [6.45, 7) is 2.65. The second kappa shape index (κ2) is 10.1. The minimum atomic E-state index is -6.83. The third kappa shape index (κ3) is 5.47. The lowest BCUT2D eigenvalue weighted by Gasteiger charge is -2.40. The van der Waals surface area contributed by atoms with Crippen LogP contribution in [0.2, 0.25) is 0 Å².